The van der Waals surface area contributed by atoms with E-state index in [2.05, 4.69) is 0 Å². The van der Waals surface area contributed by atoms with Crippen LogP contribution in [0.15, 0.2) is 42.5 Å². The molecular formula is C12H8F2O2. The zero-order valence-corrected chi connectivity index (χ0v) is 8.15. The molecule has 16 heavy (non-hydrogen) atoms. The molecule has 0 aliphatic heterocycles. The van der Waals surface area contributed by atoms with Crippen molar-refractivity contribution in [3.8, 4) is 17.2 Å². The van der Waals surface area contributed by atoms with Crippen LogP contribution in [0.4, 0.5) is 8.78 Å². The van der Waals surface area contributed by atoms with Crippen molar-refractivity contribution in [1.82, 2.24) is 0 Å². The third-order valence-electron chi connectivity index (χ3n) is 1.96. The van der Waals surface area contributed by atoms with Gasteiger partial charge in [-0.2, -0.15) is 0 Å². The first-order valence-electron chi connectivity index (χ1n) is 4.57. The number of phenolic OH excluding ortho intramolecular Hbond substituents is 1. The molecule has 0 saturated heterocycles. The number of halogens is 2. The van der Waals surface area contributed by atoms with Crippen LogP contribution in [0.1, 0.15) is 0 Å². The van der Waals surface area contributed by atoms with Crippen LogP contribution in [-0.4, -0.2) is 5.11 Å². The first-order valence-corrected chi connectivity index (χ1v) is 4.57. The summed E-state index contributed by atoms with van der Waals surface area (Å²) in [5.41, 5.74) is 0. The fraction of sp³-hybridized carbons (Fsp3) is 0. The van der Waals surface area contributed by atoms with E-state index in [4.69, 9.17) is 9.84 Å². The Bertz CT molecular complexity index is 495. The molecule has 82 valence electrons. The van der Waals surface area contributed by atoms with Crippen LogP contribution < -0.4 is 4.74 Å². The highest BCUT2D eigenvalue weighted by molar-refractivity contribution is 5.35. The van der Waals surface area contributed by atoms with Crippen molar-refractivity contribution < 1.29 is 18.6 Å². The van der Waals surface area contributed by atoms with Gasteiger partial charge >= 0.3 is 0 Å². The van der Waals surface area contributed by atoms with E-state index in [1.807, 2.05) is 0 Å². The Labute approximate surface area is 90.7 Å². The van der Waals surface area contributed by atoms with Crippen molar-refractivity contribution in [1.29, 1.82) is 0 Å². The van der Waals surface area contributed by atoms with Gasteiger partial charge in [0.2, 0.25) is 0 Å². The second-order valence-corrected chi connectivity index (χ2v) is 3.17. The van der Waals surface area contributed by atoms with Gasteiger partial charge in [0.05, 0.1) is 0 Å². The van der Waals surface area contributed by atoms with Gasteiger partial charge in [0.1, 0.15) is 17.3 Å². The van der Waals surface area contributed by atoms with Crippen LogP contribution in [0, 0.1) is 11.6 Å². The average Bonchev–Trinajstić information content (AvgIpc) is 2.25. The third-order valence-corrected chi connectivity index (χ3v) is 1.96. The van der Waals surface area contributed by atoms with E-state index in [9.17, 15) is 8.78 Å². The van der Waals surface area contributed by atoms with E-state index in [0.29, 0.717) is 5.75 Å². The summed E-state index contributed by atoms with van der Waals surface area (Å²) in [6.45, 7) is 0. The Hall–Kier alpha value is -2.10. The largest absolute Gasteiger partial charge is 0.508 e. The van der Waals surface area contributed by atoms with Gasteiger partial charge in [0.25, 0.3) is 0 Å². The van der Waals surface area contributed by atoms with E-state index in [1.54, 1.807) is 0 Å². The molecule has 4 heteroatoms. The molecule has 0 unspecified atom stereocenters. The molecule has 2 aromatic rings. The topological polar surface area (TPSA) is 29.5 Å². The van der Waals surface area contributed by atoms with Crippen molar-refractivity contribution in [3.63, 3.8) is 0 Å². The molecule has 0 aliphatic carbocycles. The van der Waals surface area contributed by atoms with Gasteiger partial charge < -0.3 is 9.84 Å². The minimum absolute atomic E-state index is 0.0629. The monoisotopic (exact) mass is 222 g/mol. The summed E-state index contributed by atoms with van der Waals surface area (Å²) >= 11 is 0. The van der Waals surface area contributed by atoms with E-state index in [1.165, 1.54) is 30.3 Å². The number of hydrogen-bond acceptors (Lipinski definition) is 2. The normalized spacial score (nSPS) is 10.1. The summed E-state index contributed by atoms with van der Waals surface area (Å²) in [7, 11) is 0. The molecule has 2 rings (SSSR count). The SMILES string of the molecule is Oc1ccc(Oc2ccc(F)cc2F)cc1. The van der Waals surface area contributed by atoms with Gasteiger partial charge in [-0.05, 0) is 36.4 Å². The second-order valence-electron chi connectivity index (χ2n) is 3.17. The number of rotatable bonds is 2. The van der Waals surface area contributed by atoms with Crippen molar-refractivity contribution in [2.75, 3.05) is 0 Å². The van der Waals surface area contributed by atoms with Gasteiger partial charge in [0, 0.05) is 6.07 Å². The molecule has 0 aliphatic rings. The molecule has 0 saturated carbocycles. The average molecular weight is 222 g/mol. The van der Waals surface area contributed by atoms with E-state index in [-0.39, 0.29) is 11.5 Å². The van der Waals surface area contributed by atoms with E-state index >= 15 is 0 Å². The van der Waals surface area contributed by atoms with Gasteiger partial charge in [0.15, 0.2) is 11.6 Å². The lowest BCUT2D eigenvalue weighted by molar-refractivity contribution is 0.434. The zero-order chi connectivity index (χ0) is 11.5. The maximum absolute atomic E-state index is 13.2. The van der Waals surface area contributed by atoms with Crippen LogP contribution >= 0.6 is 0 Å². The lowest BCUT2D eigenvalue weighted by Gasteiger charge is -2.06. The third kappa shape index (κ3) is 2.28. The maximum Gasteiger partial charge on any atom is 0.168 e. The molecule has 0 heterocycles. The molecule has 0 aromatic heterocycles. The van der Waals surface area contributed by atoms with E-state index < -0.39 is 11.6 Å². The van der Waals surface area contributed by atoms with Crippen LogP contribution in [0.5, 0.6) is 17.2 Å². The van der Waals surface area contributed by atoms with Gasteiger partial charge in [-0.1, -0.05) is 0 Å². The Kier molecular flexibility index (Phi) is 2.72. The summed E-state index contributed by atoms with van der Waals surface area (Å²) in [6.07, 6.45) is 0. The van der Waals surface area contributed by atoms with Crippen LogP contribution in [-0.2, 0) is 0 Å². The Balaban J connectivity index is 2.23. The molecule has 2 nitrogen and oxygen atoms in total. The van der Waals surface area contributed by atoms with E-state index in [0.717, 1.165) is 12.1 Å². The quantitative estimate of drug-likeness (QED) is 0.843. The summed E-state index contributed by atoms with van der Waals surface area (Å²) in [6, 6.07) is 8.86. The Morgan fingerprint density at radius 1 is 0.938 bits per heavy atom. The number of benzene rings is 2. The van der Waals surface area contributed by atoms with Gasteiger partial charge in [-0.15, -0.1) is 0 Å². The fourth-order valence-corrected chi connectivity index (χ4v) is 1.20. The predicted octanol–water partition coefficient (Wildman–Crippen LogP) is 3.46. The number of ether oxygens (including phenoxy) is 1. The molecule has 0 bridgehead atoms. The number of aromatic hydroxyl groups is 1. The maximum atomic E-state index is 13.2. The number of hydrogen-bond donors (Lipinski definition) is 1. The molecule has 2 aromatic carbocycles. The fourth-order valence-electron chi connectivity index (χ4n) is 1.20. The number of phenols is 1. The van der Waals surface area contributed by atoms with Gasteiger partial charge in [-0.3, -0.25) is 0 Å². The minimum atomic E-state index is -0.770. The molecule has 0 spiro atoms. The molecular weight excluding hydrogens is 214 g/mol. The lowest BCUT2D eigenvalue weighted by Crippen LogP contribution is -1.88. The molecule has 0 atom stereocenters. The summed E-state index contributed by atoms with van der Waals surface area (Å²) in [5.74, 6) is -1.04. The minimum Gasteiger partial charge on any atom is -0.508 e. The predicted molar refractivity (Wildman–Crippen MR) is 54.5 cm³/mol. The zero-order valence-electron chi connectivity index (χ0n) is 8.15. The molecule has 0 radical (unpaired) electrons. The Morgan fingerprint density at radius 3 is 2.25 bits per heavy atom. The molecule has 0 amide bonds. The van der Waals surface area contributed by atoms with Gasteiger partial charge in [-0.25, -0.2) is 8.78 Å². The first-order chi connectivity index (χ1) is 7.65. The van der Waals surface area contributed by atoms with Crippen molar-refractivity contribution in [3.05, 3.63) is 54.1 Å². The second kappa shape index (κ2) is 4.18. The summed E-state index contributed by atoms with van der Waals surface area (Å²) < 4.78 is 31.0. The molecule has 0 fully saturated rings. The Morgan fingerprint density at radius 2 is 1.62 bits per heavy atom. The standard InChI is InChI=1S/C12H8F2O2/c13-8-1-6-12(11(14)7-8)16-10-4-2-9(15)3-5-10/h1-7,15H. The van der Waals surface area contributed by atoms with Crippen molar-refractivity contribution in [2.45, 2.75) is 0 Å². The van der Waals surface area contributed by atoms with Crippen LogP contribution in [0.2, 0.25) is 0 Å². The van der Waals surface area contributed by atoms with Crippen LogP contribution in [0.3, 0.4) is 0 Å². The van der Waals surface area contributed by atoms with Crippen molar-refractivity contribution >= 4 is 0 Å². The first kappa shape index (κ1) is 10.4. The highest BCUT2D eigenvalue weighted by Gasteiger charge is 2.05. The lowest BCUT2D eigenvalue weighted by atomic mass is 10.3. The summed E-state index contributed by atoms with van der Waals surface area (Å²) in [5, 5.41) is 9.03. The highest BCUT2D eigenvalue weighted by Crippen LogP contribution is 2.25. The smallest absolute Gasteiger partial charge is 0.168 e. The summed E-state index contributed by atoms with van der Waals surface area (Å²) in [4.78, 5) is 0. The molecule has 1 N–H and O–H groups in total. The van der Waals surface area contributed by atoms with Crippen LogP contribution in [0.25, 0.3) is 0 Å². The highest BCUT2D eigenvalue weighted by atomic mass is 19.1. The van der Waals surface area contributed by atoms with Crippen molar-refractivity contribution in [2.24, 2.45) is 0 Å².